The molecule has 1 aromatic heterocycles. The van der Waals surface area contributed by atoms with Gasteiger partial charge in [0.25, 0.3) is 0 Å². The molecule has 5 nitrogen and oxygen atoms in total. The number of hydrogen-bond donors (Lipinski definition) is 1. The highest BCUT2D eigenvalue weighted by atomic mass is 32.2. The Balaban J connectivity index is 1.36. The minimum absolute atomic E-state index is 0.00661. The van der Waals surface area contributed by atoms with Crippen LogP contribution in [-0.4, -0.2) is 26.4 Å². The summed E-state index contributed by atoms with van der Waals surface area (Å²) in [5, 5.41) is 12.7. The van der Waals surface area contributed by atoms with E-state index in [1.807, 2.05) is 43.3 Å². The third kappa shape index (κ3) is 4.53. The molecule has 0 spiro atoms. The van der Waals surface area contributed by atoms with Gasteiger partial charge in [0.05, 0.1) is 11.8 Å². The van der Waals surface area contributed by atoms with Crippen LogP contribution in [0.1, 0.15) is 55.1 Å². The van der Waals surface area contributed by atoms with Crippen LogP contribution in [0.3, 0.4) is 0 Å². The average molecular weight is 407 g/mol. The van der Waals surface area contributed by atoms with Crippen molar-refractivity contribution in [3.63, 3.8) is 0 Å². The zero-order valence-electron chi connectivity index (χ0n) is 16.8. The van der Waals surface area contributed by atoms with Crippen LogP contribution in [0.4, 0.5) is 0 Å². The number of nitrogens with one attached hydrogen (secondary N) is 1. The molecule has 3 unspecified atom stereocenters. The second-order valence-corrected chi connectivity index (χ2v) is 8.38. The Morgan fingerprint density at radius 1 is 1.10 bits per heavy atom. The van der Waals surface area contributed by atoms with Crippen molar-refractivity contribution < 1.29 is 4.79 Å². The molecule has 1 aliphatic carbocycles. The van der Waals surface area contributed by atoms with Crippen LogP contribution in [0, 0.1) is 0 Å². The highest BCUT2D eigenvalue weighted by molar-refractivity contribution is 7.99. The van der Waals surface area contributed by atoms with Crippen molar-refractivity contribution in [2.24, 2.45) is 0 Å². The molecule has 6 heteroatoms. The molecule has 1 aliphatic rings. The second-order valence-electron chi connectivity index (χ2n) is 7.43. The summed E-state index contributed by atoms with van der Waals surface area (Å²) in [7, 11) is 0. The van der Waals surface area contributed by atoms with Crippen molar-refractivity contribution in [1.82, 2.24) is 20.1 Å². The monoisotopic (exact) mass is 406 g/mol. The van der Waals surface area contributed by atoms with Gasteiger partial charge in [-0.15, -0.1) is 10.2 Å². The van der Waals surface area contributed by atoms with Gasteiger partial charge in [-0.2, -0.15) is 0 Å². The smallest absolute Gasteiger partial charge is 0.230 e. The zero-order chi connectivity index (χ0) is 20.2. The Morgan fingerprint density at radius 3 is 2.48 bits per heavy atom. The summed E-state index contributed by atoms with van der Waals surface area (Å²) >= 11 is 1.46. The third-order valence-corrected chi connectivity index (χ3v) is 6.39. The number of amides is 1. The van der Waals surface area contributed by atoms with Crippen molar-refractivity contribution in [3.8, 4) is 0 Å². The van der Waals surface area contributed by atoms with Gasteiger partial charge in [0.1, 0.15) is 5.82 Å². The highest BCUT2D eigenvalue weighted by Gasteiger charge is 2.43. The lowest BCUT2D eigenvalue weighted by atomic mass is 10.1. The lowest BCUT2D eigenvalue weighted by Crippen LogP contribution is -2.28. The quantitative estimate of drug-likeness (QED) is 0.558. The van der Waals surface area contributed by atoms with Gasteiger partial charge in [0, 0.05) is 12.5 Å². The molecule has 1 heterocycles. The predicted molar refractivity (Wildman–Crippen MR) is 116 cm³/mol. The molecule has 3 aromatic rings. The van der Waals surface area contributed by atoms with E-state index in [0.29, 0.717) is 17.6 Å². The van der Waals surface area contributed by atoms with E-state index in [-0.39, 0.29) is 11.9 Å². The normalized spacial score (nSPS) is 19.0. The van der Waals surface area contributed by atoms with Gasteiger partial charge in [-0.1, -0.05) is 72.4 Å². The number of thioether (sulfide) groups is 1. The first-order valence-electron chi connectivity index (χ1n) is 10.1. The maximum Gasteiger partial charge on any atom is 0.230 e. The van der Waals surface area contributed by atoms with Gasteiger partial charge in [-0.05, 0) is 37.3 Å². The van der Waals surface area contributed by atoms with Crippen molar-refractivity contribution in [2.45, 2.75) is 49.8 Å². The summed E-state index contributed by atoms with van der Waals surface area (Å²) in [5.41, 5.74) is 2.47. The Bertz CT molecular complexity index is 958. The Hall–Kier alpha value is -2.60. The highest BCUT2D eigenvalue weighted by Crippen LogP contribution is 2.54. The first kappa shape index (κ1) is 19.7. The molecule has 1 fully saturated rings. The van der Waals surface area contributed by atoms with Crippen LogP contribution in [0.2, 0.25) is 0 Å². The van der Waals surface area contributed by atoms with E-state index in [9.17, 15) is 4.79 Å². The summed E-state index contributed by atoms with van der Waals surface area (Å²) in [4.78, 5) is 12.4. The molecule has 3 atom stereocenters. The Kier molecular flexibility index (Phi) is 6.00. The van der Waals surface area contributed by atoms with E-state index in [4.69, 9.17) is 0 Å². The lowest BCUT2D eigenvalue weighted by molar-refractivity contribution is -0.119. The van der Waals surface area contributed by atoms with E-state index in [1.165, 1.54) is 17.3 Å². The van der Waals surface area contributed by atoms with Crippen molar-refractivity contribution in [3.05, 3.63) is 77.6 Å². The maximum atomic E-state index is 12.4. The standard InChI is InChI=1S/C23H26N4OS/c1-3-27-22(20-14-19(20)18-12-8-5-9-13-18)25-26-23(27)29-15-21(28)24-16(2)17-10-6-4-7-11-17/h4-13,16,19-20H,3,14-15H2,1-2H3,(H,24,28). The number of nitrogens with zero attached hydrogens (tertiary/aromatic N) is 3. The van der Waals surface area contributed by atoms with Crippen molar-refractivity contribution in [2.75, 3.05) is 5.75 Å². The van der Waals surface area contributed by atoms with Gasteiger partial charge in [-0.3, -0.25) is 4.79 Å². The third-order valence-electron chi connectivity index (χ3n) is 5.42. The molecule has 1 amide bonds. The summed E-state index contributed by atoms with van der Waals surface area (Å²) in [6.07, 6.45) is 1.11. The fraction of sp³-hybridized carbons (Fsp3) is 0.348. The molecule has 2 aromatic carbocycles. The van der Waals surface area contributed by atoms with Crippen LogP contribution < -0.4 is 5.32 Å². The largest absolute Gasteiger partial charge is 0.349 e. The molecule has 150 valence electrons. The van der Waals surface area contributed by atoms with E-state index < -0.39 is 0 Å². The Morgan fingerprint density at radius 2 is 1.79 bits per heavy atom. The summed E-state index contributed by atoms with van der Waals surface area (Å²) < 4.78 is 2.16. The van der Waals surface area contributed by atoms with Crippen molar-refractivity contribution >= 4 is 17.7 Å². The van der Waals surface area contributed by atoms with Gasteiger partial charge in [0.15, 0.2) is 5.16 Å². The van der Waals surface area contributed by atoms with E-state index >= 15 is 0 Å². The van der Waals surface area contributed by atoms with Crippen LogP contribution >= 0.6 is 11.8 Å². The minimum Gasteiger partial charge on any atom is -0.349 e. The van der Waals surface area contributed by atoms with Gasteiger partial charge < -0.3 is 9.88 Å². The summed E-state index contributed by atoms with van der Waals surface area (Å²) in [6, 6.07) is 20.6. The van der Waals surface area contributed by atoms with Crippen molar-refractivity contribution in [1.29, 1.82) is 0 Å². The fourth-order valence-corrected chi connectivity index (χ4v) is 4.59. The summed E-state index contributed by atoms with van der Waals surface area (Å²) in [5.74, 6) is 2.33. The predicted octanol–water partition coefficient (Wildman–Crippen LogP) is 4.54. The van der Waals surface area contributed by atoms with E-state index in [2.05, 4.69) is 51.3 Å². The average Bonchev–Trinajstić information content (AvgIpc) is 3.45. The van der Waals surface area contributed by atoms with Gasteiger partial charge in [0.2, 0.25) is 5.91 Å². The molecular weight excluding hydrogens is 380 g/mol. The minimum atomic E-state index is -0.0120. The number of aromatic nitrogens is 3. The van der Waals surface area contributed by atoms with E-state index in [0.717, 1.165) is 29.5 Å². The van der Waals surface area contributed by atoms with Crippen LogP contribution in [-0.2, 0) is 11.3 Å². The SMILES string of the molecule is CCn1c(SCC(=O)NC(C)c2ccccc2)nnc1C1CC1c1ccccc1. The molecular formula is C23H26N4OS. The summed E-state index contributed by atoms with van der Waals surface area (Å²) in [6.45, 7) is 4.92. The first-order valence-corrected chi connectivity index (χ1v) is 11.1. The molecule has 0 bridgehead atoms. The molecule has 4 rings (SSSR count). The zero-order valence-corrected chi connectivity index (χ0v) is 17.6. The fourth-order valence-electron chi connectivity index (χ4n) is 3.77. The lowest BCUT2D eigenvalue weighted by Gasteiger charge is -2.14. The molecule has 1 saturated carbocycles. The number of hydrogen-bond acceptors (Lipinski definition) is 4. The van der Waals surface area contributed by atoms with Crippen LogP contribution in [0.5, 0.6) is 0 Å². The number of benzene rings is 2. The van der Waals surface area contributed by atoms with Crippen LogP contribution in [0.15, 0.2) is 65.8 Å². The van der Waals surface area contributed by atoms with Gasteiger partial charge in [-0.25, -0.2) is 0 Å². The van der Waals surface area contributed by atoms with Crippen LogP contribution in [0.25, 0.3) is 0 Å². The topological polar surface area (TPSA) is 59.8 Å². The number of rotatable bonds is 8. The molecule has 0 radical (unpaired) electrons. The molecule has 29 heavy (non-hydrogen) atoms. The molecule has 0 saturated heterocycles. The maximum absolute atomic E-state index is 12.4. The Labute approximate surface area is 175 Å². The number of carbonyl (C=O) groups is 1. The molecule has 0 aliphatic heterocycles. The second kappa shape index (κ2) is 8.82. The molecule has 1 N–H and O–H groups in total. The van der Waals surface area contributed by atoms with E-state index in [1.54, 1.807) is 0 Å². The number of carbonyl (C=O) groups excluding carboxylic acids is 1. The first-order chi connectivity index (χ1) is 14.2. The van der Waals surface area contributed by atoms with Gasteiger partial charge >= 0.3 is 0 Å².